The first-order valence-corrected chi connectivity index (χ1v) is 10.5. The molecule has 4 N–H and O–H groups in total. The van der Waals surface area contributed by atoms with Gasteiger partial charge in [-0.1, -0.05) is 84.3 Å². The van der Waals surface area contributed by atoms with E-state index < -0.39 is 0 Å². The van der Waals surface area contributed by atoms with E-state index in [2.05, 4.69) is 23.7 Å². The monoisotopic (exact) mass is 448 g/mol. The average molecular weight is 449 g/mol. The lowest BCUT2D eigenvalue weighted by atomic mass is 9.93. The Labute approximate surface area is 202 Å². The molecule has 2 nitrogen and oxygen atoms in total. The molecule has 4 aromatic carbocycles. The van der Waals surface area contributed by atoms with Gasteiger partial charge in [-0.15, -0.1) is 12.4 Å². The average Bonchev–Trinajstić information content (AvgIpc) is 2.87. The van der Waals surface area contributed by atoms with Crippen molar-refractivity contribution >= 4 is 12.4 Å². The predicted molar refractivity (Wildman–Crippen MR) is 139 cm³/mol. The van der Waals surface area contributed by atoms with Crippen LogP contribution in [0.5, 0.6) is 0 Å². The largest absolute Gasteiger partial charge is 0.322 e. The molecule has 0 aliphatic rings. The molecular weight excluding hydrogens is 424 g/mol. The molecule has 0 bridgehead atoms. The molecule has 0 saturated carbocycles. The molecule has 0 spiro atoms. The molecule has 3 heteroatoms. The van der Waals surface area contributed by atoms with Crippen LogP contribution in [-0.4, -0.2) is 0 Å². The van der Waals surface area contributed by atoms with Crippen LogP contribution in [0.2, 0.25) is 0 Å². The first-order valence-electron chi connectivity index (χ1n) is 10.5. The summed E-state index contributed by atoms with van der Waals surface area (Å²) in [6.07, 6.45) is 0. The Hall–Kier alpha value is -3.79. The second kappa shape index (κ2) is 11.7. The molecule has 2 atom stereocenters. The third-order valence-corrected chi connectivity index (χ3v) is 5.23. The maximum Gasteiger partial charge on any atom is 0.0491 e. The Morgan fingerprint density at radius 1 is 0.394 bits per heavy atom. The summed E-state index contributed by atoms with van der Waals surface area (Å²) in [5.41, 5.74) is 18.8. The van der Waals surface area contributed by atoms with E-state index >= 15 is 0 Å². The van der Waals surface area contributed by atoms with Gasteiger partial charge in [0.2, 0.25) is 0 Å². The molecule has 0 aliphatic heterocycles. The fourth-order valence-electron chi connectivity index (χ4n) is 3.32. The molecule has 4 rings (SSSR count). The summed E-state index contributed by atoms with van der Waals surface area (Å²) in [7, 11) is 0. The molecule has 0 heterocycles. The van der Waals surface area contributed by atoms with Gasteiger partial charge in [0, 0.05) is 34.3 Å². The summed E-state index contributed by atoms with van der Waals surface area (Å²) in [4.78, 5) is 0. The molecule has 0 amide bonds. The van der Waals surface area contributed by atoms with Crippen LogP contribution in [0.3, 0.4) is 0 Å². The molecule has 0 aromatic heterocycles. The highest BCUT2D eigenvalue weighted by molar-refractivity contribution is 5.85. The van der Waals surface area contributed by atoms with Crippen molar-refractivity contribution in [2.75, 3.05) is 0 Å². The lowest BCUT2D eigenvalue weighted by Gasteiger charge is -2.21. The van der Waals surface area contributed by atoms with E-state index in [1.54, 1.807) is 0 Å². The minimum atomic E-state index is -0.313. The van der Waals surface area contributed by atoms with Crippen molar-refractivity contribution in [2.45, 2.75) is 12.1 Å². The van der Waals surface area contributed by atoms with E-state index in [0.717, 1.165) is 33.4 Å². The van der Waals surface area contributed by atoms with Gasteiger partial charge in [-0.2, -0.15) is 0 Å². The number of rotatable bonds is 3. The fraction of sp³-hybridized carbons (Fsp3) is 0.0667. The third kappa shape index (κ3) is 6.59. The number of nitrogens with two attached hydrogens (primary N) is 2. The quantitative estimate of drug-likeness (QED) is 0.400. The van der Waals surface area contributed by atoms with Gasteiger partial charge in [-0.05, 0) is 59.7 Å². The zero-order valence-electron chi connectivity index (χ0n) is 18.1. The summed E-state index contributed by atoms with van der Waals surface area (Å²) in [6.45, 7) is 0. The van der Waals surface area contributed by atoms with Crippen LogP contribution < -0.4 is 11.5 Å². The van der Waals surface area contributed by atoms with Crippen LogP contribution in [0.15, 0.2) is 109 Å². The van der Waals surface area contributed by atoms with Crippen molar-refractivity contribution < 1.29 is 0 Å². The van der Waals surface area contributed by atoms with Gasteiger partial charge in [-0.3, -0.25) is 0 Å². The Morgan fingerprint density at radius 3 is 0.970 bits per heavy atom. The highest BCUT2D eigenvalue weighted by Gasteiger charge is 2.17. The Bertz CT molecular complexity index is 1170. The van der Waals surface area contributed by atoms with Gasteiger partial charge in [0.1, 0.15) is 0 Å². The number of halogens is 1. The van der Waals surface area contributed by atoms with E-state index in [1.807, 2.05) is 109 Å². The summed E-state index contributed by atoms with van der Waals surface area (Å²) in [5, 5.41) is 0. The van der Waals surface area contributed by atoms with Gasteiger partial charge in [0.15, 0.2) is 0 Å². The zero-order chi connectivity index (χ0) is 22.2. The molecule has 0 radical (unpaired) electrons. The molecule has 0 aliphatic carbocycles. The van der Waals surface area contributed by atoms with Gasteiger partial charge < -0.3 is 11.5 Å². The SMILES string of the molecule is Cl.N[C@@H](c1ccc(C#Cc2ccccc2)cc1)[C@@H](N)c1ccc(C#Cc2ccccc2)cc1. The molecule has 0 fully saturated rings. The highest BCUT2D eigenvalue weighted by atomic mass is 35.5. The zero-order valence-corrected chi connectivity index (χ0v) is 18.9. The third-order valence-electron chi connectivity index (χ3n) is 5.23. The maximum absolute atomic E-state index is 6.47. The lowest BCUT2D eigenvalue weighted by Crippen LogP contribution is -2.26. The Balaban J connectivity index is 0.00000306. The van der Waals surface area contributed by atoms with Crippen molar-refractivity contribution in [1.29, 1.82) is 0 Å². The van der Waals surface area contributed by atoms with E-state index in [9.17, 15) is 0 Å². The van der Waals surface area contributed by atoms with Crippen LogP contribution in [0.25, 0.3) is 0 Å². The standard InChI is InChI=1S/C30H24N2.ClH/c31-29(27-19-15-25(16-20-27)13-11-23-7-3-1-4-8-23)30(32)28-21-17-26(18-22-28)14-12-24-9-5-2-6-10-24;/h1-10,15-22,29-30H,31-32H2;1H/t29-,30-;/m0./s1. The van der Waals surface area contributed by atoms with Crippen molar-refractivity contribution in [2.24, 2.45) is 11.5 Å². The normalized spacial score (nSPS) is 11.6. The van der Waals surface area contributed by atoms with E-state index in [1.165, 1.54) is 0 Å². The van der Waals surface area contributed by atoms with E-state index in [0.29, 0.717) is 0 Å². The number of benzene rings is 4. The van der Waals surface area contributed by atoms with Gasteiger partial charge in [0.05, 0.1) is 0 Å². The van der Waals surface area contributed by atoms with Crippen LogP contribution in [-0.2, 0) is 0 Å². The molecule has 4 aromatic rings. The van der Waals surface area contributed by atoms with Crippen molar-refractivity contribution in [3.8, 4) is 23.7 Å². The van der Waals surface area contributed by atoms with Gasteiger partial charge >= 0.3 is 0 Å². The van der Waals surface area contributed by atoms with E-state index in [4.69, 9.17) is 11.5 Å². The minimum absolute atomic E-state index is 0. The fourth-order valence-corrected chi connectivity index (χ4v) is 3.32. The van der Waals surface area contributed by atoms with E-state index in [-0.39, 0.29) is 24.5 Å². The molecular formula is C30H25ClN2. The summed E-state index contributed by atoms with van der Waals surface area (Å²) in [5.74, 6) is 12.7. The minimum Gasteiger partial charge on any atom is -0.322 e. The van der Waals surface area contributed by atoms with Crippen LogP contribution >= 0.6 is 12.4 Å². The first kappa shape index (κ1) is 23.9. The topological polar surface area (TPSA) is 52.0 Å². The molecule has 33 heavy (non-hydrogen) atoms. The summed E-state index contributed by atoms with van der Waals surface area (Å²) < 4.78 is 0. The predicted octanol–water partition coefficient (Wildman–Crippen LogP) is 5.61. The van der Waals surface area contributed by atoms with Crippen molar-refractivity contribution in [3.05, 3.63) is 143 Å². The molecule has 0 saturated heterocycles. The van der Waals surface area contributed by atoms with Crippen molar-refractivity contribution in [3.63, 3.8) is 0 Å². The highest BCUT2D eigenvalue weighted by Crippen LogP contribution is 2.25. The maximum atomic E-state index is 6.47. The smallest absolute Gasteiger partial charge is 0.0491 e. The van der Waals surface area contributed by atoms with Crippen molar-refractivity contribution in [1.82, 2.24) is 0 Å². The summed E-state index contributed by atoms with van der Waals surface area (Å²) in [6, 6.07) is 35.2. The molecule has 0 unspecified atom stereocenters. The Kier molecular flexibility index (Phi) is 8.48. The number of hydrogen-bond acceptors (Lipinski definition) is 2. The molecule has 162 valence electrons. The number of hydrogen-bond donors (Lipinski definition) is 2. The first-order chi connectivity index (χ1) is 15.7. The Morgan fingerprint density at radius 2 is 0.667 bits per heavy atom. The van der Waals surface area contributed by atoms with Gasteiger partial charge in [0.25, 0.3) is 0 Å². The van der Waals surface area contributed by atoms with Crippen LogP contribution in [0.4, 0.5) is 0 Å². The van der Waals surface area contributed by atoms with Crippen LogP contribution in [0.1, 0.15) is 45.5 Å². The second-order valence-corrected chi connectivity index (χ2v) is 7.53. The second-order valence-electron chi connectivity index (χ2n) is 7.53. The van der Waals surface area contributed by atoms with Crippen LogP contribution in [0, 0.1) is 23.7 Å². The summed E-state index contributed by atoms with van der Waals surface area (Å²) >= 11 is 0. The van der Waals surface area contributed by atoms with Gasteiger partial charge in [-0.25, -0.2) is 0 Å². The lowest BCUT2D eigenvalue weighted by molar-refractivity contribution is 0.574.